The second-order valence-corrected chi connectivity index (χ2v) is 3.78. The summed E-state index contributed by atoms with van der Waals surface area (Å²) in [6.07, 6.45) is 1.83. The molecule has 4 nitrogen and oxygen atoms in total. The fourth-order valence-corrected chi connectivity index (χ4v) is 2.12. The molecule has 1 aliphatic heterocycles. The van der Waals surface area contributed by atoms with Crippen molar-refractivity contribution in [1.82, 2.24) is 5.32 Å². The highest BCUT2D eigenvalue weighted by atomic mass is 32.2. The van der Waals surface area contributed by atoms with Crippen molar-refractivity contribution < 1.29 is 9.59 Å². The van der Waals surface area contributed by atoms with Gasteiger partial charge in [-0.05, 0) is 13.0 Å². The van der Waals surface area contributed by atoms with E-state index in [0.717, 1.165) is 24.8 Å². The van der Waals surface area contributed by atoms with E-state index in [1.165, 1.54) is 11.8 Å². The number of carbonyl (C=O) groups is 1. The Hall–Kier alpha value is -0.290. The van der Waals surface area contributed by atoms with E-state index in [-0.39, 0.29) is 11.2 Å². The van der Waals surface area contributed by atoms with Crippen LogP contribution in [0.3, 0.4) is 0 Å². The van der Waals surface area contributed by atoms with Gasteiger partial charge in [-0.25, -0.2) is 10.2 Å². The van der Waals surface area contributed by atoms with E-state index in [1.54, 1.807) is 0 Å². The van der Waals surface area contributed by atoms with Crippen molar-refractivity contribution in [3.8, 4) is 0 Å². The van der Waals surface area contributed by atoms with Crippen LogP contribution in [0.15, 0.2) is 0 Å². The molecule has 0 aromatic rings. The van der Waals surface area contributed by atoms with E-state index in [9.17, 15) is 4.79 Å². The van der Waals surface area contributed by atoms with Gasteiger partial charge in [0.25, 0.3) is 0 Å². The lowest BCUT2D eigenvalue weighted by Gasteiger charge is -2.08. The highest BCUT2D eigenvalue weighted by Crippen LogP contribution is 2.11. The first-order valence-electron chi connectivity index (χ1n) is 3.81. The van der Waals surface area contributed by atoms with Gasteiger partial charge in [-0.2, -0.15) is 12.6 Å². The summed E-state index contributed by atoms with van der Waals surface area (Å²) in [6.45, 7) is 0.948. The molecule has 0 unspecified atom stereocenters. The molecule has 74 valence electrons. The molecule has 1 saturated heterocycles. The van der Waals surface area contributed by atoms with Gasteiger partial charge in [0.1, 0.15) is 0 Å². The lowest BCUT2D eigenvalue weighted by molar-refractivity contribution is -0.112. The third-order valence-corrected chi connectivity index (χ3v) is 2.85. The van der Waals surface area contributed by atoms with Crippen LogP contribution in [-0.2, 0) is 9.59 Å². The lowest BCUT2D eigenvalue weighted by atomic mass is 10.3. The molecule has 0 aromatic heterocycles. The Labute approximate surface area is 86.8 Å². The fraction of sp³-hybridized carbons (Fsp3) is 0.714. The van der Waals surface area contributed by atoms with Gasteiger partial charge >= 0.3 is 0 Å². The van der Waals surface area contributed by atoms with Gasteiger partial charge in [-0.15, -0.1) is 0 Å². The van der Waals surface area contributed by atoms with E-state index in [2.05, 4.69) is 17.9 Å². The van der Waals surface area contributed by atoms with Crippen molar-refractivity contribution in [2.45, 2.75) is 12.5 Å². The molecule has 2 N–H and O–H groups in total. The highest BCUT2D eigenvalue weighted by Gasteiger charge is 2.18. The van der Waals surface area contributed by atoms with Crippen LogP contribution < -0.4 is 5.32 Å². The molecule has 0 spiro atoms. The number of hydrogen-bond acceptors (Lipinski definition) is 6. The van der Waals surface area contributed by atoms with Crippen molar-refractivity contribution in [3.05, 3.63) is 0 Å². The average molecular weight is 220 g/mol. The number of thiol groups is 1. The molecule has 1 fully saturated rings. The van der Waals surface area contributed by atoms with E-state index in [4.69, 9.17) is 10.2 Å². The zero-order valence-electron chi connectivity index (χ0n) is 7.08. The van der Waals surface area contributed by atoms with E-state index in [1.807, 2.05) is 0 Å². The third-order valence-electron chi connectivity index (χ3n) is 1.42. The number of isocyanates is 1. The molecule has 0 bridgehead atoms. The summed E-state index contributed by atoms with van der Waals surface area (Å²) in [4.78, 5) is 19.4. The number of rotatable bonds is 1. The van der Waals surface area contributed by atoms with Crippen LogP contribution in [-0.4, -0.2) is 35.3 Å². The normalized spacial score (nSPS) is 22.2. The number of hydrogen-bond donors (Lipinski definition) is 3. The third kappa shape index (κ3) is 5.87. The predicted molar refractivity (Wildman–Crippen MR) is 56.1 cm³/mol. The summed E-state index contributed by atoms with van der Waals surface area (Å²) in [7, 11) is 0. The SMILES string of the molecule is N=C=O.O=C1SCCCN[C@H]1CS. The van der Waals surface area contributed by atoms with Gasteiger partial charge < -0.3 is 5.32 Å². The first-order chi connectivity index (χ1) is 6.26. The van der Waals surface area contributed by atoms with Crippen LogP contribution in [0.2, 0.25) is 0 Å². The first-order valence-corrected chi connectivity index (χ1v) is 5.42. The molecule has 1 atom stereocenters. The van der Waals surface area contributed by atoms with Crippen LogP contribution in [0.25, 0.3) is 0 Å². The van der Waals surface area contributed by atoms with Crippen LogP contribution in [0.4, 0.5) is 0 Å². The Bertz CT molecular complexity index is 193. The van der Waals surface area contributed by atoms with Crippen molar-refractivity contribution >= 4 is 35.6 Å². The molecule has 0 radical (unpaired) electrons. The summed E-state index contributed by atoms with van der Waals surface area (Å²) in [5.74, 6) is 1.57. The van der Waals surface area contributed by atoms with Crippen molar-refractivity contribution in [3.63, 3.8) is 0 Å². The smallest absolute Gasteiger partial charge is 0.231 e. The lowest BCUT2D eigenvalue weighted by Crippen LogP contribution is -2.35. The van der Waals surface area contributed by atoms with E-state index in [0.29, 0.717) is 5.75 Å². The van der Waals surface area contributed by atoms with Crippen LogP contribution in [0.5, 0.6) is 0 Å². The summed E-state index contributed by atoms with van der Waals surface area (Å²) in [6, 6.07) is -0.0177. The quantitative estimate of drug-likeness (QED) is 0.341. The number of carbonyl (C=O) groups excluding carboxylic acids is 2. The Kier molecular flexibility index (Phi) is 8.13. The standard InChI is InChI=1S/C6H11NOS2.CHNO/c8-6-5(4-9)7-2-1-3-10-6;2-1-3/h5,7,9H,1-4H2;2H/t5-;/m0./s1. The highest BCUT2D eigenvalue weighted by molar-refractivity contribution is 8.13. The minimum absolute atomic E-state index is 0.0177. The largest absolute Gasteiger partial charge is 0.306 e. The molecule has 6 heteroatoms. The molecule has 1 rings (SSSR count). The molecule has 1 heterocycles. The molecule has 0 aromatic carbocycles. The zero-order valence-corrected chi connectivity index (χ0v) is 8.79. The van der Waals surface area contributed by atoms with Crippen molar-refractivity contribution in [2.75, 3.05) is 18.1 Å². The maximum atomic E-state index is 11.1. The van der Waals surface area contributed by atoms with Gasteiger partial charge in [-0.1, -0.05) is 11.8 Å². The predicted octanol–water partition coefficient (Wildman–Crippen LogP) is 0.439. The second-order valence-electron chi connectivity index (χ2n) is 2.31. The monoisotopic (exact) mass is 220 g/mol. The zero-order chi connectivity index (χ0) is 10.1. The fourth-order valence-electron chi connectivity index (χ4n) is 0.844. The molecular formula is C7H12N2O2S2. The van der Waals surface area contributed by atoms with Crippen LogP contribution in [0, 0.1) is 5.41 Å². The summed E-state index contributed by atoms with van der Waals surface area (Å²) in [5, 5.41) is 8.78. The van der Waals surface area contributed by atoms with Crippen molar-refractivity contribution in [2.24, 2.45) is 0 Å². The van der Waals surface area contributed by atoms with Gasteiger partial charge in [0.15, 0.2) is 0 Å². The maximum absolute atomic E-state index is 11.1. The van der Waals surface area contributed by atoms with Gasteiger partial charge in [0.05, 0.1) is 6.04 Å². The van der Waals surface area contributed by atoms with Gasteiger partial charge in [-0.3, -0.25) is 4.79 Å². The minimum Gasteiger partial charge on any atom is -0.306 e. The molecule has 1 aliphatic rings. The molecule has 0 amide bonds. The molecule has 0 saturated carbocycles. The minimum atomic E-state index is -0.0177. The van der Waals surface area contributed by atoms with Crippen molar-refractivity contribution in [1.29, 1.82) is 5.41 Å². The van der Waals surface area contributed by atoms with Crippen LogP contribution >= 0.6 is 24.4 Å². The average Bonchev–Trinajstić information content (AvgIpc) is 2.31. The summed E-state index contributed by atoms with van der Waals surface area (Å²) in [5.41, 5.74) is 0. The maximum Gasteiger partial charge on any atom is 0.231 e. The van der Waals surface area contributed by atoms with E-state index >= 15 is 0 Å². The van der Waals surface area contributed by atoms with Gasteiger partial charge in [0, 0.05) is 11.5 Å². The van der Waals surface area contributed by atoms with E-state index < -0.39 is 0 Å². The Balaban J connectivity index is 0.000000424. The Morgan fingerprint density at radius 2 is 2.38 bits per heavy atom. The number of thioether (sulfide) groups is 1. The summed E-state index contributed by atoms with van der Waals surface area (Å²) >= 11 is 5.50. The van der Waals surface area contributed by atoms with Gasteiger partial charge in [0.2, 0.25) is 11.2 Å². The second kappa shape index (κ2) is 8.31. The Morgan fingerprint density at radius 3 is 2.92 bits per heavy atom. The molecule has 0 aliphatic carbocycles. The number of nitrogens with one attached hydrogen (secondary N) is 2. The Morgan fingerprint density at radius 1 is 1.77 bits per heavy atom. The first kappa shape index (κ1) is 12.7. The summed E-state index contributed by atoms with van der Waals surface area (Å²) < 4.78 is 0. The molecular weight excluding hydrogens is 208 g/mol. The van der Waals surface area contributed by atoms with Crippen LogP contribution in [0.1, 0.15) is 6.42 Å². The topological polar surface area (TPSA) is 70.0 Å². The molecule has 13 heavy (non-hydrogen) atoms.